The lowest BCUT2D eigenvalue weighted by molar-refractivity contribution is 0.893. The molecule has 0 fully saturated rings. The van der Waals surface area contributed by atoms with Crippen molar-refractivity contribution in [3.05, 3.63) is 224 Å². The number of aromatic nitrogens is 5. The van der Waals surface area contributed by atoms with Crippen LogP contribution in [0.2, 0.25) is 0 Å². The van der Waals surface area contributed by atoms with Crippen LogP contribution in [-0.4, -0.2) is 24.1 Å². The molecule has 0 N–H and O–H groups in total. The Labute approximate surface area is 358 Å². The highest BCUT2D eigenvalue weighted by Crippen LogP contribution is 2.38. The fraction of sp³-hybridized carbons (Fsp3) is 0. The van der Waals surface area contributed by atoms with E-state index >= 15 is 0 Å². The van der Waals surface area contributed by atoms with Gasteiger partial charge in [0.2, 0.25) is 11.9 Å². The summed E-state index contributed by atoms with van der Waals surface area (Å²) < 4.78 is 4.41. The normalized spacial score (nSPS) is 11.5. The van der Waals surface area contributed by atoms with Gasteiger partial charge in [0.05, 0.1) is 22.1 Å². The Kier molecular flexibility index (Phi) is 8.42. The zero-order valence-electron chi connectivity index (χ0n) is 33.6. The molecule has 0 spiro atoms. The molecule has 0 saturated carbocycles. The SMILES string of the molecule is c1ccc(-c2cccc(-c3ccc(-c4nc(-n5c6ccccc6c6ccccc65)nc(-n5c6cc(-c7ccccc7)ccc6c6ccc(-c7ccccc7)cc65)n4)cc3)c2)cc1. The third-order valence-corrected chi connectivity index (χ3v) is 12.0. The molecule has 0 aliphatic carbocycles. The van der Waals surface area contributed by atoms with E-state index in [0.29, 0.717) is 17.7 Å². The van der Waals surface area contributed by atoms with Crippen LogP contribution >= 0.6 is 0 Å². The molecule has 0 radical (unpaired) electrons. The van der Waals surface area contributed by atoms with E-state index < -0.39 is 0 Å². The molecule has 9 aromatic carbocycles. The monoisotopic (exact) mass is 791 g/mol. The highest BCUT2D eigenvalue weighted by molar-refractivity contribution is 6.11. The average molecular weight is 792 g/mol. The highest BCUT2D eigenvalue weighted by Gasteiger charge is 2.21. The van der Waals surface area contributed by atoms with Crippen molar-refractivity contribution in [1.82, 2.24) is 24.1 Å². The standard InChI is InChI=1S/C57H37N5/c1-4-15-38(16-5-1)43-21-14-22-44(35-43)41-27-29-42(30-28-41)55-58-56(61-51-25-12-10-23-47(51)48-24-11-13-26-52(48)61)60-57(59-55)62-53-36-45(39-17-6-2-7-18-39)31-33-49(53)50-34-32-46(37-54(50)62)40-19-8-3-9-20-40/h1-37H. The maximum absolute atomic E-state index is 5.46. The first kappa shape index (κ1) is 35.5. The summed E-state index contributed by atoms with van der Waals surface area (Å²) in [5.74, 6) is 1.68. The van der Waals surface area contributed by atoms with Crippen LogP contribution < -0.4 is 0 Å². The lowest BCUT2D eigenvalue weighted by atomic mass is 9.98. The second kappa shape index (κ2) is 14.7. The van der Waals surface area contributed by atoms with Crippen molar-refractivity contribution in [2.45, 2.75) is 0 Å². The van der Waals surface area contributed by atoms with Crippen LogP contribution in [-0.2, 0) is 0 Å². The quantitative estimate of drug-likeness (QED) is 0.162. The van der Waals surface area contributed by atoms with E-state index in [0.717, 1.165) is 82.6 Å². The Hall–Kier alpha value is -8.41. The minimum Gasteiger partial charge on any atom is -0.278 e. The number of fused-ring (bicyclic) bond motifs is 6. The summed E-state index contributed by atoms with van der Waals surface area (Å²) in [5, 5.41) is 4.54. The molecule has 0 aliphatic heterocycles. The molecule has 0 aliphatic rings. The lowest BCUT2D eigenvalue weighted by Gasteiger charge is -2.13. The van der Waals surface area contributed by atoms with Gasteiger partial charge in [-0.25, -0.2) is 0 Å². The number of hydrogen-bond acceptors (Lipinski definition) is 3. The molecule has 290 valence electrons. The third kappa shape index (κ3) is 6.06. The number of hydrogen-bond donors (Lipinski definition) is 0. The van der Waals surface area contributed by atoms with E-state index in [1.807, 2.05) is 0 Å². The van der Waals surface area contributed by atoms with Crippen molar-refractivity contribution in [2.75, 3.05) is 0 Å². The van der Waals surface area contributed by atoms with Crippen LogP contribution in [0.1, 0.15) is 0 Å². The number of nitrogens with zero attached hydrogens (tertiary/aromatic N) is 5. The minimum atomic E-state index is 0.543. The zero-order chi connectivity index (χ0) is 41.0. The van der Waals surface area contributed by atoms with Crippen molar-refractivity contribution in [2.24, 2.45) is 0 Å². The molecular weight excluding hydrogens is 755 g/mol. The average Bonchev–Trinajstić information content (AvgIpc) is 3.87. The van der Waals surface area contributed by atoms with Crippen molar-refractivity contribution < 1.29 is 0 Å². The second-order valence-electron chi connectivity index (χ2n) is 15.7. The lowest BCUT2D eigenvalue weighted by Crippen LogP contribution is -2.10. The molecule has 62 heavy (non-hydrogen) atoms. The first-order chi connectivity index (χ1) is 30.7. The second-order valence-corrected chi connectivity index (χ2v) is 15.7. The number of rotatable bonds is 7. The third-order valence-electron chi connectivity index (χ3n) is 12.0. The van der Waals surface area contributed by atoms with Gasteiger partial charge in [0.15, 0.2) is 5.82 Å². The van der Waals surface area contributed by atoms with Crippen molar-refractivity contribution in [3.8, 4) is 67.8 Å². The Morgan fingerprint density at radius 1 is 0.226 bits per heavy atom. The van der Waals surface area contributed by atoms with Crippen molar-refractivity contribution >= 4 is 43.6 Å². The van der Waals surface area contributed by atoms with Crippen molar-refractivity contribution in [3.63, 3.8) is 0 Å². The van der Waals surface area contributed by atoms with E-state index in [1.165, 1.54) is 11.1 Å². The topological polar surface area (TPSA) is 48.5 Å². The summed E-state index contributed by atoms with van der Waals surface area (Å²) in [7, 11) is 0. The highest BCUT2D eigenvalue weighted by atomic mass is 15.3. The molecule has 0 bridgehead atoms. The molecule has 5 heteroatoms. The van der Waals surface area contributed by atoms with Crippen LogP contribution in [0.25, 0.3) is 111 Å². The fourth-order valence-electron chi connectivity index (χ4n) is 9.00. The summed E-state index contributed by atoms with van der Waals surface area (Å²) in [4.78, 5) is 16.2. The van der Waals surface area contributed by atoms with Gasteiger partial charge in [-0.05, 0) is 74.8 Å². The number of benzene rings is 9. The van der Waals surface area contributed by atoms with Gasteiger partial charge in [-0.15, -0.1) is 0 Å². The van der Waals surface area contributed by atoms with Gasteiger partial charge in [0.25, 0.3) is 0 Å². The Morgan fingerprint density at radius 3 is 1.05 bits per heavy atom. The summed E-state index contributed by atoms with van der Waals surface area (Å²) in [5.41, 5.74) is 14.2. The number of para-hydroxylation sites is 2. The van der Waals surface area contributed by atoms with Gasteiger partial charge in [0.1, 0.15) is 0 Å². The van der Waals surface area contributed by atoms with Gasteiger partial charge >= 0.3 is 0 Å². The van der Waals surface area contributed by atoms with Crippen LogP contribution in [0.4, 0.5) is 0 Å². The molecule has 12 rings (SSSR count). The molecule has 0 saturated heterocycles. The Balaban J connectivity index is 1.11. The first-order valence-corrected chi connectivity index (χ1v) is 20.9. The van der Waals surface area contributed by atoms with Gasteiger partial charge in [-0.1, -0.05) is 194 Å². The predicted molar refractivity (Wildman–Crippen MR) is 256 cm³/mol. The van der Waals surface area contributed by atoms with Crippen LogP contribution in [0.3, 0.4) is 0 Å². The van der Waals surface area contributed by atoms with Gasteiger partial charge in [-0.3, -0.25) is 9.13 Å². The predicted octanol–water partition coefficient (Wildman–Crippen LogP) is 14.4. The zero-order valence-corrected chi connectivity index (χ0v) is 33.6. The molecule has 0 amide bonds. The van der Waals surface area contributed by atoms with Gasteiger partial charge in [-0.2, -0.15) is 15.0 Å². The summed E-state index contributed by atoms with van der Waals surface area (Å²) >= 11 is 0. The maximum atomic E-state index is 5.46. The Morgan fingerprint density at radius 2 is 0.565 bits per heavy atom. The van der Waals surface area contributed by atoms with Gasteiger partial charge < -0.3 is 0 Å². The largest absolute Gasteiger partial charge is 0.278 e. The molecule has 3 aromatic heterocycles. The van der Waals surface area contributed by atoms with Crippen LogP contribution in [0.15, 0.2) is 224 Å². The Bertz CT molecular complexity index is 3460. The molecule has 5 nitrogen and oxygen atoms in total. The molecule has 0 atom stereocenters. The van der Waals surface area contributed by atoms with Crippen LogP contribution in [0.5, 0.6) is 0 Å². The van der Waals surface area contributed by atoms with E-state index in [-0.39, 0.29) is 0 Å². The van der Waals surface area contributed by atoms with E-state index in [4.69, 9.17) is 15.0 Å². The smallest absolute Gasteiger partial charge is 0.240 e. The molecular formula is C57H37N5. The molecule has 0 unspecified atom stereocenters. The fourth-order valence-corrected chi connectivity index (χ4v) is 9.00. The van der Waals surface area contributed by atoms with Gasteiger partial charge in [0, 0.05) is 27.1 Å². The van der Waals surface area contributed by atoms with E-state index in [9.17, 15) is 0 Å². The minimum absolute atomic E-state index is 0.543. The molecule has 3 heterocycles. The summed E-state index contributed by atoms with van der Waals surface area (Å²) in [6.07, 6.45) is 0. The van der Waals surface area contributed by atoms with E-state index in [2.05, 4.69) is 234 Å². The molecule has 12 aromatic rings. The maximum Gasteiger partial charge on any atom is 0.240 e. The summed E-state index contributed by atoms with van der Waals surface area (Å²) in [6, 6.07) is 79.3. The van der Waals surface area contributed by atoms with E-state index in [1.54, 1.807) is 0 Å². The van der Waals surface area contributed by atoms with Crippen molar-refractivity contribution in [1.29, 1.82) is 0 Å². The van der Waals surface area contributed by atoms with Crippen LogP contribution in [0, 0.1) is 0 Å². The summed E-state index contributed by atoms with van der Waals surface area (Å²) in [6.45, 7) is 0. The first-order valence-electron chi connectivity index (χ1n) is 20.9.